The lowest BCUT2D eigenvalue weighted by Crippen LogP contribution is -2.39. The molecule has 0 amide bonds. The van der Waals surface area contributed by atoms with Crippen LogP contribution >= 0.6 is 34.2 Å². The number of ether oxygens (including phenoxy) is 2. The Morgan fingerprint density at radius 2 is 2.30 bits per heavy atom. The number of halogens is 2. The lowest BCUT2D eigenvalue weighted by molar-refractivity contribution is -0.0344. The maximum Gasteiger partial charge on any atom is 0.160 e. The van der Waals surface area contributed by atoms with Gasteiger partial charge in [0.05, 0.1) is 22.5 Å². The van der Waals surface area contributed by atoms with E-state index in [1.54, 1.807) is 7.11 Å². The third kappa shape index (κ3) is 4.00. The average molecular weight is 412 g/mol. The SMILES string of the molecule is CCCN1CCOC(c2nc(Cl)c(I)c(COC)n2)C1. The monoisotopic (exact) mass is 411 g/mol. The molecule has 1 saturated heterocycles. The molecule has 1 fully saturated rings. The molecule has 0 aromatic carbocycles. The first-order valence-corrected chi connectivity index (χ1v) is 8.16. The summed E-state index contributed by atoms with van der Waals surface area (Å²) in [6, 6.07) is 0. The van der Waals surface area contributed by atoms with Gasteiger partial charge in [0.2, 0.25) is 0 Å². The summed E-state index contributed by atoms with van der Waals surface area (Å²) in [4.78, 5) is 11.3. The van der Waals surface area contributed by atoms with Crippen LogP contribution in [0.15, 0.2) is 0 Å². The van der Waals surface area contributed by atoms with E-state index >= 15 is 0 Å². The molecule has 1 aliphatic rings. The van der Waals surface area contributed by atoms with Crippen molar-refractivity contribution in [3.8, 4) is 0 Å². The Hall–Kier alpha value is -0.0200. The van der Waals surface area contributed by atoms with Gasteiger partial charge in [-0.15, -0.1) is 0 Å². The van der Waals surface area contributed by atoms with Crippen molar-refractivity contribution in [1.29, 1.82) is 0 Å². The highest BCUT2D eigenvalue weighted by atomic mass is 127. The van der Waals surface area contributed by atoms with E-state index in [2.05, 4.69) is 44.4 Å². The van der Waals surface area contributed by atoms with Crippen molar-refractivity contribution < 1.29 is 9.47 Å². The maximum absolute atomic E-state index is 6.19. The van der Waals surface area contributed by atoms with E-state index in [0.29, 0.717) is 24.2 Å². The molecule has 1 aliphatic heterocycles. The number of methoxy groups -OCH3 is 1. The van der Waals surface area contributed by atoms with Gasteiger partial charge < -0.3 is 9.47 Å². The van der Waals surface area contributed by atoms with Gasteiger partial charge in [-0.1, -0.05) is 18.5 Å². The number of rotatable bonds is 5. The predicted octanol–water partition coefficient (Wildman–Crippen LogP) is 2.66. The smallest absolute Gasteiger partial charge is 0.160 e. The fourth-order valence-electron chi connectivity index (χ4n) is 2.24. The van der Waals surface area contributed by atoms with E-state index in [1.165, 1.54) is 0 Å². The molecule has 1 aromatic heterocycles. The first-order chi connectivity index (χ1) is 9.65. The minimum absolute atomic E-state index is 0.111. The Kier molecular flexibility index (Phi) is 6.41. The van der Waals surface area contributed by atoms with Gasteiger partial charge in [0.15, 0.2) is 5.82 Å². The lowest BCUT2D eigenvalue weighted by Gasteiger charge is -2.32. The van der Waals surface area contributed by atoms with Gasteiger partial charge in [-0.3, -0.25) is 4.90 Å². The topological polar surface area (TPSA) is 47.5 Å². The lowest BCUT2D eigenvalue weighted by atomic mass is 10.2. The number of aromatic nitrogens is 2. The molecule has 0 saturated carbocycles. The van der Waals surface area contributed by atoms with Gasteiger partial charge in [-0.2, -0.15) is 0 Å². The van der Waals surface area contributed by atoms with Crippen LogP contribution in [0.1, 0.15) is 31.0 Å². The first kappa shape index (κ1) is 16.4. The molecule has 0 bridgehead atoms. The van der Waals surface area contributed by atoms with Gasteiger partial charge in [-0.05, 0) is 35.6 Å². The van der Waals surface area contributed by atoms with Crippen LogP contribution in [-0.2, 0) is 16.1 Å². The van der Waals surface area contributed by atoms with Crippen molar-refractivity contribution in [1.82, 2.24) is 14.9 Å². The fourth-order valence-corrected chi connectivity index (χ4v) is 2.83. The fraction of sp³-hybridized carbons (Fsp3) is 0.692. The third-order valence-electron chi connectivity index (χ3n) is 3.16. The molecule has 1 atom stereocenters. The quantitative estimate of drug-likeness (QED) is 0.551. The number of hydrogen-bond acceptors (Lipinski definition) is 5. The van der Waals surface area contributed by atoms with Gasteiger partial charge in [0.1, 0.15) is 11.3 Å². The summed E-state index contributed by atoms with van der Waals surface area (Å²) in [5.74, 6) is 0.656. The normalized spacial score (nSPS) is 20.3. The van der Waals surface area contributed by atoms with E-state index < -0.39 is 0 Å². The van der Waals surface area contributed by atoms with Crippen LogP contribution in [0, 0.1) is 3.57 Å². The Labute approximate surface area is 138 Å². The highest BCUT2D eigenvalue weighted by molar-refractivity contribution is 14.1. The second-order valence-electron chi connectivity index (χ2n) is 4.73. The molecule has 0 spiro atoms. The minimum atomic E-state index is -0.111. The van der Waals surface area contributed by atoms with Crippen LogP contribution < -0.4 is 0 Å². The van der Waals surface area contributed by atoms with Crippen LogP contribution in [0.4, 0.5) is 0 Å². The summed E-state index contributed by atoms with van der Waals surface area (Å²) in [5, 5.41) is 0.471. The first-order valence-electron chi connectivity index (χ1n) is 6.70. The van der Waals surface area contributed by atoms with E-state index in [0.717, 1.165) is 35.3 Å². The van der Waals surface area contributed by atoms with Gasteiger partial charge >= 0.3 is 0 Å². The summed E-state index contributed by atoms with van der Waals surface area (Å²) in [6.45, 7) is 6.17. The highest BCUT2D eigenvalue weighted by Gasteiger charge is 2.25. The zero-order chi connectivity index (χ0) is 14.5. The molecular weight excluding hydrogens is 393 g/mol. The molecule has 0 aliphatic carbocycles. The van der Waals surface area contributed by atoms with Crippen molar-refractivity contribution in [2.75, 3.05) is 33.4 Å². The minimum Gasteiger partial charge on any atom is -0.378 e. The van der Waals surface area contributed by atoms with Gasteiger partial charge in [-0.25, -0.2) is 9.97 Å². The molecule has 1 aromatic rings. The molecule has 0 radical (unpaired) electrons. The van der Waals surface area contributed by atoms with E-state index in [9.17, 15) is 0 Å². The van der Waals surface area contributed by atoms with E-state index in [-0.39, 0.29) is 6.10 Å². The Morgan fingerprint density at radius 1 is 1.50 bits per heavy atom. The second kappa shape index (κ2) is 7.84. The van der Waals surface area contributed by atoms with Crippen molar-refractivity contribution >= 4 is 34.2 Å². The summed E-state index contributed by atoms with van der Waals surface area (Å²) in [7, 11) is 1.64. The zero-order valence-corrected chi connectivity index (χ0v) is 14.6. The Morgan fingerprint density at radius 3 is 3.00 bits per heavy atom. The van der Waals surface area contributed by atoms with Gasteiger partial charge in [0, 0.05) is 20.2 Å². The maximum atomic E-state index is 6.19. The molecule has 1 unspecified atom stereocenters. The van der Waals surface area contributed by atoms with Crippen LogP contribution in [-0.4, -0.2) is 48.2 Å². The molecular formula is C13H19ClIN3O2. The molecule has 5 nitrogen and oxygen atoms in total. The molecule has 2 rings (SSSR count). The van der Waals surface area contributed by atoms with Crippen LogP contribution in [0.5, 0.6) is 0 Å². The molecule has 7 heteroatoms. The highest BCUT2D eigenvalue weighted by Crippen LogP contribution is 2.25. The number of morpholine rings is 1. The standard InChI is InChI=1S/C13H19ClIN3O2/c1-3-4-18-5-6-20-10(7-18)13-16-9(8-19-2)11(15)12(14)17-13/h10H,3-8H2,1-2H3. The summed E-state index contributed by atoms with van der Waals surface area (Å²) in [5.41, 5.74) is 0.819. The van der Waals surface area contributed by atoms with E-state index in [1.807, 2.05) is 0 Å². The largest absolute Gasteiger partial charge is 0.378 e. The van der Waals surface area contributed by atoms with E-state index in [4.69, 9.17) is 21.1 Å². The predicted molar refractivity (Wildman–Crippen MR) is 85.9 cm³/mol. The van der Waals surface area contributed by atoms with Crippen LogP contribution in [0.3, 0.4) is 0 Å². The molecule has 112 valence electrons. The summed E-state index contributed by atoms with van der Waals surface area (Å²) < 4.78 is 11.8. The number of nitrogens with zero attached hydrogens (tertiary/aromatic N) is 3. The Balaban J connectivity index is 2.19. The van der Waals surface area contributed by atoms with Crippen molar-refractivity contribution in [2.24, 2.45) is 0 Å². The van der Waals surface area contributed by atoms with Crippen molar-refractivity contribution in [2.45, 2.75) is 26.1 Å². The number of hydrogen-bond donors (Lipinski definition) is 0. The zero-order valence-electron chi connectivity index (χ0n) is 11.7. The third-order valence-corrected chi connectivity index (χ3v) is 4.88. The molecule has 2 heterocycles. The van der Waals surface area contributed by atoms with Crippen LogP contribution in [0.2, 0.25) is 5.15 Å². The average Bonchev–Trinajstić information content (AvgIpc) is 2.44. The van der Waals surface area contributed by atoms with Crippen molar-refractivity contribution in [3.63, 3.8) is 0 Å². The van der Waals surface area contributed by atoms with Gasteiger partial charge in [0.25, 0.3) is 0 Å². The van der Waals surface area contributed by atoms with Crippen molar-refractivity contribution in [3.05, 3.63) is 20.2 Å². The second-order valence-corrected chi connectivity index (χ2v) is 6.16. The molecule has 20 heavy (non-hydrogen) atoms. The summed E-state index contributed by atoms with van der Waals surface area (Å²) in [6.07, 6.45) is 1.02. The molecule has 0 N–H and O–H groups in total. The Bertz CT molecular complexity index is 459. The summed E-state index contributed by atoms with van der Waals surface area (Å²) >= 11 is 8.33. The van der Waals surface area contributed by atoms with Crippen LogP contribution in [0.25, 0.3) is 0 Å².